The van der Waals surface area contributed by atoms with Gasteiger partial charge in [-0.25, -0.2) is 4.98 Å². The summed E-state index contributed by atoms with van der Waals surface area (Å²) >= 11 is 3.36. The van der Waals surface area contributed by atoms with Crippen molar-refractivity contribution in [3.63, 3.8) is 0 Å². The number of allylic oxidation sites excluding steroid dienone is 1. The van der Waals surface area contributed by atoms with Crippen molar-refractivity contribution in [2.45, 2.75) is 13.3 Å². The van der Waals surface area contributed by atoms with Crippen LogP contribution in [0.4, 0.5) is 11.5 Å². The molecule has 0 fully saturated rings. The Morgan fingerprint density at radius 1 is 1.50 bits per heavy atom. The summed E-state index contributed by atoms with van der Waals surface area (Å²) in [7, 11) is 0. The van der Waals surface area contributed by atoms with E-state index in [1.165, 1.54) is 0 Å². The second-order valence-corrected chi connectivity index (χ2v) is 3.81. The molecule has 0 atom stereocenters. The van der Waals surface area contributed by atoms with E-state index >= 15 is 0 Å². The number of halogens is 1. The summed E-state index contributed by atoms with van der Waals surface area (Å²) in [4.78, 5) is 4.14. The van der Waals surface area contributed by atoms with Gasteiger partial charge in [-0.1, -0.05) is 28.1 Å². The van der Waals surface area contributed by atoms with Crippen LogP contribution in [0, 0.1) is 6.92 Å². The van der Waals surface area contributed by atoms with Gasteiger partial charge in [0.1, 0.15) is 5.82 Å². The van der Waals surface area contributed by atoms with Gasteiger partial charge in [-0.05, 0) is 25.0 Å². The van der Waals surface area contributed by atoms with Crippen molar-refractivity contribution in [1.29, 1.82) is 0 Å². The number of pyridine rings is 1. The Labute approximate surface area is 92.3 Å². The summed E-state index contributed by atoms with van der Waals surface area (Å²) < 4.78 is 0. The molecule has 3 nitrogen and oxygen atoms in total. The molecule has 0 aliphatic rings. The van der Waals surface area contributed by atoms with Crippen molar-refractivity contribution in [2.75, 3.05) is 16.8 Å². The smallest absolute Gasteiger partial charge is 0.146 e. The van der Waals surface area contributed by atoms with E-state index in [9.17, 15) is 0 Å². The number of nitrogen functional groups attached to an aromatic ring is 2. The molecule has 0 aromatic carbocycles. The first-order valence-electron chi connectivity index (χ1n) is 4.40. The van der Waals surface area contributed by atoms with Gasteiger partial charge in [0.25, 0.3) is 0 Å². The normalized spacial score (nSPS) is 11.0. The molecule has 0 saturated carbocycles. The van der Waals surface area contributed by atoms with Gasteiger partial charge in [-0.3, -0.25) is 0 Å². The van der Waals surface area contributed by atoms with Crippen LogP contribution in [0.1, 0.15) is 17.7 Å². The van der Waals surface area contributed by atoms with E-state index in [0.717, 1.165) is 23.0 Å². The molecule has 0 amide bonds. The van der Waals surface area contributed by atoms with Crippen LogP contribution in [0.15, 0.2) is 12.1 Å². The van der Waals surface area contributed by atoms with Crippen molar-refractivity contribution in [3.05, 3.63) is 23.4 Å². The van der Waals surface area contributed by atoms with Gasteiger partial charge in [0.2, 0.25) is 0 Å². The molecule has 1 aromatic heterocycles. The quantitative estimate of drug-likeness (QED) is 0.816. The van der Waals surface area contributed by atoms with Crippen molar-refractivity contribution < 1.29 is 0 Å². The van der Waals surface area contributed by atoms with Gasteiger partial charge in [-0.15, -0.1) is 0 Å². The van der Waals surface area contributed by atoms with E-state index in [1.54, 1.807) is 0 Å². The molecular formula is C10H14BrN3. The molecule has 4 N–H and O–H groups in total. The van der Waals surface area contributed by atoms with Gasteiger partial charge in [0.15, 0.2) is 0 Å². The fourth-order valence-electron chi connectivity index (χ4n) is 1.10. The second-order valence-electron chi connectivity index (χ2n) is 3.02. The van der Waals surface area contributed by atoms with Crippen LogP contribution >= 0.6 is 15.9 Å². The minimum Gasteiger partial charge on any atom is -0.396 e. The predicted molar refractivity (Wildman–Crippen MR) is 65.2 cm³/mol. The Hall–Kier alpha value is -1.03. The molecule has 0 aliphatic heterocycles. The predicted octanol–water partition coefficient (Wildman–Crippen LogP) is 2.35. The topological polar surface area (TPSA) is 64.9 Å². The zero-order chi connectivity index (χ0) is 10.6. The number of aryl methyl sites for hydroxylation is 1. The number of alkyl halides is 1. The zero-order valence-corrected chi connectivity index (χ0v) is 9.71. The van der Waals surface area contributed by atoms with Crippen LogP contribution in [0.3, 0.4) is 0 Å². The first-order valence-corrected chi connectivity index (χ1v) is 5.52. The second kappa shape index (κ2) is 5.00. The van der Waals surface area contributed by atoms with Crippen molar-refractivity contribution in [2.24, 2.45) is 0 Å². The molecule has 0 unspecified atom stereocenters. The van der Waals surface area contributed by atoms with E-state index < -0.39 is 0 Å². The number of nitrogens with two attached hydrogens (primary N) is 2. The third kappa shape index (κ3) is 2.73. The van der Waals surface area contributed by atoms with Crippen molar-refractivity contribution in [1.82, 2.24) is 4.98 Å². The zero-order valence-electron chi connectivity index (χ0n) is 8.13. The number of anilines is 2. The van der Waals surface area contributed by atoms with Gasteiger partial charge >= 0.3 is 0 Å². The lowest BCUT2D eigenvalue weighted by Gasteiger charge is -2.04. The third-order valence-corrected chi connectivity index (χ3v) is 2.34. The highest BCUT2D eigenvalue weighted by atomic mass is 79.9. The fourth-order valence-corrected chi connectivity index (χ4v) is 1.36. The largest absolute Gasteiger partial charge is 0.396 e. The molecule has 0 bridgehead atoms. The van der Waals surface area contributed by atoms with Crippen LogP contribution in [-0.4, -0.2) is 10.3 Å². The van der Waals surface area contributed by atoms with Crippen LogP contribution in [0.25, 0.3) is 6.08 Å². The number of rotatable bonds is 3. The first kappa shape index (κ1) is 11.0. The average molecular weight is 256 g/mol. The Kier molecular flexibility index (Phi) is 3.95. The van der Waals surface area contributed by atoms with Crippen LogP contribution in [0.5, 0.6) is 0 Å². The Balaban J connectivity index is 2.92. The monoisotopic (exact) mass is 255 g/mol. The molecule has 76 valence electrons. The average Bonchev–Trinajstić information content (AvgIpc) is 2.14. The summed E-state index contributed by atoms with van der Waals surface area (Å²) in [5, 5.41) is 0.959. The minimum atomic E-state index is 0.403. The van der Waals surface area contributed by atoms with Gasteiger partial charge < -0.3 is 11.5 Å². The summed E-state index contributed by atoms with van der Waals surface area (Å²) in [6.07, 6.45) is 5.08. The fraction of sp³-hybridized carbons (Fsp3) is 0.300. The number of hydrogen-bond acceptors (Lipinski definition) is 3. The lowest BCUT2D eigenvalue weighted by atomic mass is 10.1. The highest BCUT2D eigenvalue weighted by molar-refractivity contribution is 9.09. The van der Waals surface area contributed by atoms with Gasteiger partial charge in [0, 0.05) is 11.0 Å². The first-order chi connectivity index (χ1) is 6.65. The Morgan fingerprint density at radius 3 is 2.86 bits per heavy atom. The minimum absolute atomic E-state index is 0.403. The van der Waals surface area contributed by atoms with Crippen LogP contribution < -0.4 is 11.5 Å². The van der Waals surface area contributed by atoms with E-state index in [1.807, 2.05) is 19.1 Å². The van der Waals surface area contributed by atoms with Gasteiger partial charge in [0.05, 0.1) is 5.69 Å². The molecule has 4 heteroatoms. The summed E-state index contributed by atoms with van der Waals surface area (Å²) in [6, 6.07) is 1.85. The lowest BCUT2D eigenvalue weighted by Crippen LogP contribution is -2.00. The molecule has 1 rings (SSSR count). The molecule has 14 heavy (non-hydrogen) atoms. The maximum absolute atomic E-state index is 5.66. The van der Waals surface area contributed by atoms with E-state index in [-0.39, 0.29) is 0 Å². The molecule has 0 saturated heterocycles. The standard InChI is InChI=1S/C10H14BrN3/c1-7-8(4-2-3-5-11)6-9(12)10(13)14-7/h2,4,6H,3,5,12H2,1H3,(H2,13,14). The third-order valence-electron chi connectivity index (χ3n) is 1.89. The molecule has 0 aliphatic carbocycles. The van der Waals surface area contributed by atoms with E-state index in [2.05, 4.69) is 27.0 Å². The Morgan fingerprint density at radius 2 is 2.21 bits per heavy atom. The SMILES string of the molecule is Cc1nc(N)c(N)cc1C=CCCBr. The van der Waals surface area contributed by atoms with Crippen molar-refractivity contribution in [3.8, 4) is 0 Å². The molecule has 0 spiro atoms. The summed E-state index contributed by atoms with van der Waals surface area (Å²) in [5.74, 6) is 0.403. The van der Waals surface area contributed by atoms with E-state index in [4.69, 9.17) is 11.5 Å². The summed E-state index contributed by atoms with van der Waals surface area (Å²) in [6.45, 7) is 1.92. The van der Waals surface area contributed by atoms with E-state index in [0.29, 0.717) is 11.5 Å². The summed E-state index contributed by atoms with van der Waals surface area (Å²) in [5.41, 5.74) is 13.7. The highest BCUT2D eigenvalue weighted by Crippen LogP contribution is 2.17. The number of hydrogen-bond donors (Lipinski definition) is 2. The van der Waals surface area contributed by atoms with Crippen molar-refractivity contribution >= 4 is 33.5 Å². The lowest BCUT2D eigenvalue weighted by molar-refractivity contribution is 1.20. The highest BCUT2D eigenvalue weighted by Gasteiger charge is 2.00. The number of aromatic nitrogens is 1. The Bertz CT molecular complexity index is 347. The van der Waals surface area contributed by atoms with Crippen LogP contribution in [-0.2, 0) is 0 Å². The molecule has 0 radical (unpaired) electrons. The maximum atomic E-state index is 5.66. The van der Waals surface area contributed by atoms with Gasteiger partial charge in [-0.2, -0.15) is 0 Å². The molecule has 1 heterocycles. The number of nitrogens with zero attached hydrogens (tertiary/aromatic N) is 1. The maximum Gasteiger partial charge on any atom is 0.146 e. The molecular weight excluding hydrogens is 242 g/mol. The van der Waals surface area contributed by atoms with Crippen LogP contribution in [0.2, 0.25) is 0 Å². The molecule has 1 aromatic rings.